The smallest absolute Gasteiger partial charge is 0.163 e. The summed E-state index contributed by atoms with van der Waals surface area (Å²) < 4.78 is 30.5. The van der Waals surface area contributed by atoms with Gasteiger partial charge in [0.1, 0.15) is 11.0 Å². The van der Waals surface area contributed by atoms with Crippen LogP contribution in [0.15, 0.2) is 41.0 Å². The van der Waals surface area contributed by atoms with Crippen molar-refractivity contribution in [1.29, 1.82) is 0 Å². The number of ether oxygens (including phenoxy) is 1. The van der Waals surface area contributed by atoms with Gasteiger partial charge in [-0.05, 0) is 37.3 Å². The van der Waals surface area contributed by atoms with E-state index in [1.54, 1.807) is 6.07 Å². The number of phenols is 1. The van der Waals surface area contributed by atoms with E-state index in [2.05, 4.69) is 13.0 Å². The van der Waals surface area contributed by atoms with Crippen LogP contribution < -0.4 is 0 Å². The molecule has 1 aromatic rings. The molecule has 2 atom stereocenters. The second-order valence-corrected chi connectivity index (χ2v) is 9.36. The fourth-order valence-corrected chi connectivity index (χ4v) is 6.10. The molecule has 0 aromatic heterocycles. The van der Waals surface area contributed by atoms with Crippen LogP contribution in [0.3, 0.4) is 0 Å². The molecule has 0 amide bonds. The van der Waals surface area contributed by atoms with Gasteiger partial charge in [0.05, 0.1) is 18.5 Å². The number of benzene rings is 1. The summed E-state index contributed by atoms with van der Waals surface area (Å²) in [7, 11) is -3.07. The van der Waals surface area contributed by atoms with Crippen molar-refractivity contribution in [3.63, 3.8) is 0 Å². The number of rotatable bonds is 7. The molecule has 2 heterocycles. The second-order valence-electron chi connectivity index (χ2n) is 7.18. The van der Waals surface area contributed by atoms with Crippen molar-refractivity contribution < 1.29 is 18.3 Å². The summed E-state index contributed by atoms with van der Waals surface area (Å²) in [6.07, 6.45) is 6.39. The van der Waals surface area contributed by atoms with Gasteiger partial charge in [-0.15, -0.1) is 0 Å². The maximum Gasteiger partial charge on any atom is 0.163 e. The molecule has 2 aliphatic rings. The van der Waals surface area contributed by atoms with E-state index in [1.807, 2.05) is 25.1 Å². The van der Waals surface area contributed by atoms with Crippen molar-refractivity contribution in [2.75, 3.05) is 12.4 Å². The summed E-state index contributed by atoms with van der Waals surface area (Å²) >= 11 is 0. The van der Waals surface area contributed by atoms with Gasteiger partial charge in [-0.1, -0.05) is 55.7 Å². The van der Waals surface area contributed by atoms with Crippen molar-refractivity contribution in [3.8, 4) is 5.75 Å². The summed E-state index contributed by atoms with van der Waals surface area (Å²) in [5.41, 5.74) is 4.18. The average molecular weight is 377 g/mol. The zero-order valence-corrected chi connectivity index (χ0v) is 16.4. The highest BCUT2D eigenvalue weighted by Crippen LogP contribution is 2.39. The van der Waals surface area contributed by atoms with E-state index in [-0.39, 0.29) is 17.6 Å². The number of aromatic hydroxyl groups is 1. The van der Waals surface area contributed by atoms with E-state index in [1.165, 1.54) is 5.57 Å². The molecular formula is C21H28O4S. The molecule has 1 N–H and O–H groups in total. The molecule has 26 heavy (non-hydrogen) atoms. The average Bonchev–Trinajstić information content (AvgIpc) is 3.14. The lowest BCUT2D eigenvalue weighted by Gasteiger charge is -2.15. The molecule has 0 radical (unpaired) electrons. The highest BCUT2D eigenvalue weighted by molar-refractivity contribution is 7.92. The normalized spacial score (nSPS) is 24.9. The molecule has 0 bridgehead atoms. The van der Waals surface area contributed by atoms with Crippen molar-refractivity contribution in [3.05, 3.63) is 46.5 Å². The van der Waals surface area contributed by atoms with Gasteiger partial charge in [0.25, 0.3) is 0 Å². The van der Waals surface area contributed by atoms with Crippen molar-refractivity contribution in [1.82, 2.24) is 0 Å². The number of hydrogen-bond acceptors (Lipinski definition) is 4. The number of sulfone groups is 1. The molecule has 5 heteroatoms. The Morgan fingerprint density at radius 3 is 2.73 bits per heavy atom. The standard InChI is InChI=1S/C21H28O4S/c1-3-7-15(12-17-8-5-6-9-18(17)22)10-11-19-21-16(4-2)14-26(23,24)20(21)13-25-19/h5-6,8-9,12,19-20,22H,3-4,7,10-11,13-14H2,1-2H3/b15-12+/t19-,20+/m1/s1. The molecule has 0 spiro atoms. The number of allylic oxidation sites excluding steroid dienone is 1. The van der Waals surface area contributed by atoms with Crippen LogP contribution in [0.1, 0.15) is 51.5 Å². The molecule has 0 saturated carbocycles. The van der Waals surface area contributed by atoms with Crippen molar-refractivity contribution >= 4 is 15.9 Å². The van der Waals surface area contributed by atoms with Gasteiger partial charge in [-0.25, -0.2) is 8.42 Å². The number of para-hydroxylation sites is 1. The Kier molecular flexibility index (Phi) is 5.88. The van der Waals surface area contributed by atoms with Crippen LogP contribution in [0.4, 0.5) is 0 Å². The third-order valence-electron chi connectivity index (χ3n) is 5.38. The summed E-state index contributed by atoms with van der Waals surface area (Å²) in [5, 5.41) is 9.59. The molecule has 0 unspecified atom stereocenters. The Morgan fingerprint density at radius 2 is 2.04 bits per heavy atom. The second kappa shape index (κ2) is 7.97. The quantitative estimate of drug-likeness (QED) is 0.722. The van der Waals surface area contributed by atoms with Crippen LogP contribution in [-0.4, -0.2) is 37.2 Å². The van der Waals surface area contributed by atoms with Gasteiger partial charge in [0, 0.05) is 5.56 Å². The summed E-state index contributed by atoms with van der Waals surface area (Å²) in [6.45, 7) is 4.47. The minimum atomic E-state index is -3.07. The third kappa shape index (κ3) is 3.89. The van der Waals surface area contributed by atoms with Gasteiger partial charge in [-0.3, -0.25) is 0 Å². The monoisotopic (exact) mass is 376 g/mol. The molecule has 4 nitrogen and oxygen atoms in total. The zero-order chi connectivity index (χ0) is 18.7. The predicted octanol–water partition coefficient (Wildman–Crippen LogP) is 4.26. The molecule has 2 aliphatic heterocycles. The van der Waals surface area contributed by atoms with Gasteiger partial charge < -0.3 is 9.84 Å². The number of phenolic OH excluding ortho intramolecular Hbond substituents is 1. The maximum atomic E-state index is 12.3. The largest absolute Gasteiger partial charge is 0.507 e. The maximum absolute atomic E-state index is 12.3. The van der Waals surface area contributed by atoms with Crippen molar-refractivity contribution in [2.45, 2.75) is 57.3 Å². The first kappa shape index (κ1) is 19.2. The Morgan fingerprint density at radius 1 is 1.27 bits per heavy atom. The molecular weight excluding hydrogens is 348 g/mol. The van der Waals surface area contributed by atoms with Gasteiger partial charge in [-0.2, -0.15) is 0 Å². The molecule has 142 valence electrons. The van der Waals surface area contributed by atoms with E-state index in [0.29, 0.717) is 6.61 Å². The highest BCUT2D eigenvalue weighted by atomic mass is 32.2. The fraction of sp³-hybridized carbons (Fsp3) is 0.524. The van der Waals surface area contributed by atoms with Crippen LogP contribution in [0.2, 0.25) is 0 Å². The minimum absolute atomic E-state index is 0.0862. The third-order valence-corrected chi connectivity index (χ3v) is 7.39. The molecule has 1 saturated heterocycles. The molecule has 0 aliphatic carbocycles. The van der Waals surface area contributed by atoms with Crippen LogP contribution in [0.5, 0.6) is 5.75 Å². The first-order valence-electron chi connectivity index (χ1n) is 9.48. The van der Waals surface area contributed by atoms with E-state index in [9.17, 15) is 13.5 Å². The lowest BCUT2D eigenvalue weighted by molar-refractivity contribution is 0.117. The Labute approximate surface area is 156 Å². The first-order chi connectivity index (χ1) is 12.5. The Hall–Kier alpha value is -1.59. The summed E-state index contributed by atoms with van der Waals surface area (Å²) in [6, 6.07) is 7.34. The van der Waals surface area contributed by atoms with Crippen LogP contribution in [0, 0.1) is 0 Å². The summed E-state index contributed by atoms with van der Waals surface area (Å²) in [4.78, 5) is 0. The van der Waals surface area contributed by atoms with Gasteiger partial charge in [0.15, 0.2) is 9.84 Å². The van der Waals surface area contributed by atoms with Gasteiger partial charge >= 0.3 is 0 Å². The fourth-order valence-electron chi connectivity index (χ4n) is 4.05. The van der Waals surface area contributed by atoms with Crippen molar-refractivity contribution in [2.24, 2.45) is 0 Å². The lowest BCUT2D eigenvalue weighted by Crippen LogP contribution is -2.19. The number of hydrogen-bond donors (Lipinski definition) is 1. The van der Waals surface area contributed by atoms with E-state index >= 15 is 0 Å². The first-order valence-corrected chi connectivity index (χ1v) is 11.2. The molecule has 3 rings (SSSR count). The van der Waals surface area contributed by atoms with E-state index in [4.69, 9.17) is 4.74 Å². The van der Waals surface area contributed by atoms with Crippen LogP contribution >= 0.6 is 0 Å². The highest BCUT2D eigenvalue weighted by Gasteiger charge is 2.46. The van der Waals surface area contributed by atoms with Crippen LogP contribution in [0.25, 0.3) is 6.08 Å². The van der Waals surface area contributed by atoms with E-state index in [0.717, 1.165) is 48.8 Å². The zero-order valence-electron chi connectivity index (χ0n) is 15.6. The topological polar surface area (TPSA) is 63.6 Å². The molecule has 1 aromatic carbocycles. The lowest BCUT2D eigenvalue weighted by atomic mass is 9.94. The van der Waals surface area contributed by atoms with E-state index < -0.39 is 15.1 Å². The predicted molar refractivity (Wildman–Crippen MR) is 105 cm³/mol. The number of fused-ring (bicyclic) bond motifs is 1. The van der Waals surface area contributed by atoms with Crippen LogP contribution in [-0.2, 0) is 14.6 Å². The van der Waals surface area contributed by atoms with Gasteiger partial charge in [0.2, 0.25) is 0 Å². The Balaban J connectivity index is 1.75. The minimum Gasteiger partial charge on any atom is -0.507 e. The SMILES string of the molecule is CCC/C(=C\c1ccccc1O)CC[C@H]1OC[C@H]2C1=C(CC)CS2(=O)=O. The Bertz CT molecular complexity index is 820. The molecule has 1 fully saturated rings. The summed E-state index contributed by atoms with van der Waals surface area (Å²) in [5.74, 6) is 0.495.